The lowest BCUT2D eigenvalue weighted by Crippen LogP contribution is -2.32. The lowest BCUT2D eigenvalue weighted by molar-refractivity contribution is 0.311. The molecule has 0 aliphatic carbocycles. The molecule has 6 nitrogen and oxygen atoms in total. The van der Waals surface area contributed by atoms with Crippen molar-refractivity contribution in [1.29, 1.82) is 0 Å². The molecule has 3 rings (SSSR count). The molecule has 1 aromatic carbocycles. The van der Waals surface area contributed by atoms with Gasteiger partial charge in [-0.25, -0.2) is 0 Å². The van der Waals surface area contributed by atoms with Gasteiger partial charge in [0.05, 0.1) is 13.7 Å². The third-order valence-corrected chi connectivity index (χ3v) is 3.70. The average molecular weight is 288 g/mol. The van der Waals surface area contributed by atoms with Crippen molar-refractivity contribution >= 4 is 0 Å². The average Bonchev–Trinajstić information content (AvgIpc) is 2.91. The molecule has 0 saturated carbocycles. The Morgan fingerprint density at radius 2 is 2.19 bits per heavy atom. The van der Waals surface area contributed by atoms with Crippen LogP contribution in [-0.4, -0.2) is 34.5 Å². The lowest BCUT2D eigenvalue weighted by atomic mass is 10.1. The fourth-order valence-corrected chi connectivity index (χ4v) is 2.65. The summed E-state index contributed by atoms with van der Waals surface area (Å²) in [5.41, 5.74) is 7.02. The Balaban J connectivity index is 1.99. The maximum atomic E-state index is 6.05. The Bertz CT molecular complexity index is 639. The molecular formula is C15H20N4O2. The number of ether oxygens (including phenoxy) is 2. The van der Waals surface area contributed by atoms with Crippen LogP contribution in [0.5, 0.6) is 11.5 Å². The molecule has 112 valence electrons. The molecule has 2 aromatic rings. The fraction of sp³-hybridized carbons (Fsp3) is 0.467. The van der Waals surface area contributed by atoms with Crippen molar-refractivity contribution in [3.63, 3.8) is 0 Å². The van der Waals surface area contributed by atoms with Gasteiger partial charge < -0.3 is 19.8 Å². The second-order valence-electron chi connectivity index (χ2n) is 5.15. The zero-order chi connectivity index (χ0) is 14.8. The van der Waals surface area contributed by atoms with E-state index >= 15 is 0 Å². The summed E-state index contributed by atoms with van der Waals surface area (Å²) >= 11 is 0. The van der Waals surface area contributed by atoms with E-state index in [1.165, 1.54) is 0 Å². The molecule has 21 heavy (non-hydrogen) atoms. The molecule has 1 aliphatic heterocycles. The largest absolute Gasteiger partial charge is 0.493 e. The molecule has 0 fully saturated rings. The lowest BCUT2D eigenvalue weighted by Gasteiger charge is -2.21. The van der Waals surface area contributed by atoms with E-state index < -0.39 is 0 Å². The van der Waals surface area contributed by atoms with Gasteiger partial charge in [0, 0.05) is 24.6 Å². The van der Waals surface area contributed by atoms with Gasteiger partial charge in [0.1, 0.15) is 5.82 Å². The number of rotatable bonds is 4. The first-order valence-corrected chi connectivity index (χ1v) is 7.21. The highest BCUT2D eigenvalue weighted by Gasteiger charge is 2.21. The summed E-state index contributed by atoms with van der Waals surface area (Å²) in [5, 5.41) is 8.58. The van der Waals surface area contributed by atoms with Crippen molar-refractivity contribution in [2.24, 2.45) is 5.73 Å². The summed E-state index contributed by atoms with van der Waals surface area (Å²) in [5.74, 6) is 3.27. The third-order valence-electron chi connectivity index (χ3n) is 3.70. The molecule has 2 N–H and O–H groups in total. The number of fused-ring (bicyclic) bond motifs is 1. The van der Waals surface area contributed by atoms with E-state index in [0.717, 1.165) is 42.3 Å². The smallest absolute Gasteiger partial charge is 0.164 e. The molecule has 1 atom stereocenters. The summed E-state index contributed by atoms with van der Waals surface area (Å²) in [6, 6.07) is 5.98. The van der Waals surface area contributed by atoms with Gasteiger partial charge in [0.2, 0.25) is 0 Å². The number of aryl methyl sites for hydroxylation is 1. The molecular weight excluding hydrogens is 268 g/mol. The number of methoxy groups -OCH3 is 1. The SMILES string of the molecule is CCOc1ccc(-c2nnc3n2CC(N)CC3)cc1OC. The van der Waals surface area contributed by atoms with Crippen LogP contribution in [0, 0.1) is 0 Å². The summed E-state index contributed by atoms with van der Waals surface area (Å²) in [6.45, 7) is 3.31. The summed E-state index contributed by atoms with van der Waals surface area (Å²) in [7, 11) is 1.64. The second kappa shape index (κ2) is 5.73. The van der Waals surface area contributed by atoms with Gasteiger partial charge in [0.25, 0.3) is 0 Å². The first kappa shape index (κ1) is 13.9. The number of aromatic nitrogens is 3. The molecule has 1 aliphatic rings. The van der Waals surface area contributed by atoms with Gasteiger partial charge in [-0.2, -0.15) is 0 Å². The van der Waals surface area contributed by atoms with Gasteiger partial charge in [-0.05, 0) is 31.5 Å². The van der Waals surface area contributed by atoms with Gasteiger partial charge in [-0.1, -0.05) is 0 Å². The monoisotopic (exact) mass is 288 g/mol. The molecule has 0 amide bonds. The quantitative estimate of drug-likeness (QED) is 0.925. The third kappa shape index (κ3) is 2.58. The van der Waals surface area contributed by atoms with Crippen molar-refractivity contribution < 1.29 is 9.47 Å². The van der Waals surface area contributed by atoms with Crippen molar-refractivity contribution in [3.8, 4) is 22.9 Å². The van der Waals surface area contributed by atoms with Crippen molar-refractivity contribution in [1.82, 2.24) is 14.8 Å². The highest BCUT2D eigenvalue weighted by molar-refractivity contribution is 5.61. The standard InChI is InChI=1S/C15H20N4O2/c1-3-21-12-6-4-10(8-13(12)20-2)15-18-17-14-7-5-11(16)9-19(14)15/h4,6,8,11H,3,5,7,9,16H2,1-2H3. The fourth-order valence-electron chi connectivity index (χ4n) is 2.65. The predicted molar refractivity (Wildman–Crippen MR) is 79.5 cm³/mol. The Morgan fingerprint density at radius 3 is 2.95 bits per heavy atom. The first-order chi connectivity index (χ1) is 10.2. The molecule has 1 unspecified atom stereocenters. The van der Waals surface area contributed by atoms with E-state index in [-0.39, 0.29) is 6.04 Å². The van der Waals surface area contributed by atoms with E-state index in [1.54, 1.807) is 7.11 Å². The van der Waals surface area contributed by atoms with Crippen LogP contribution in [0.3, 0.4) is 0 Å². The van der Waals surface area contributed by atoms with Crippen LogP contribution in [0.15, 0.2) is 18.2 Å². The highest BCUT2D eigenvalue weighted by Crippen LogP contribution is 2.32. The first-order valence-electron chi connectivity index (χ1n) is 7.21. The number of hydrogen-bond donors (Lipinski definition) is 1. The number of nitrogens with two attached hydrogens (primary N) is 1. The van der Waals surface area contributed by atoms with Crippen LogP contribution < -0.4 is 15.2 Å². The zero-order valence-corrected chi connectivity index (χ0v) is 12.4. The maximum absolute atomic E-state index is 6.05. The van der Waals surface area contributed by atoms with E-state index in [1.807, 2.05) is 25.1 Å². The van der Waals surface area contributed by atoms with Crippen molar-refractivity contribution in [3.05, 3.63) is 24.0 Å². The van der Waals surface area contributed by atoms with E-state index in [4.69, 9.17) is 15.2 Å². The molecule has 0 spiro atoms. The summed E-state index contributed by atoms with van der Waals surface area (Å²) in [4.78, 5) is 0. The van der Waals surface area contributed by atoms with E-state index in [0.29, 0.717) is 12.4 Å². The molecule has 0 bridgehead atoms. The van der Waals surface area contributed by atoms with E-state index in [2.05, 4.69) is 14.8 Å². The van der Waals surface area contributed by atoms with Crippen molar-refractivity contribution in [2.45, 2.75) is 32.4 Å². The zero-order valence-electron chi connectivity index (χ0n) is 12.4. The van der Waals surface area contributed by atoms with Gasteiger partial charge in [-0.15, -0.1) is 10.2 Å². The number of benzene rings is 1. The van der Waals surface area contributed by atoms with Gasteiger partial charge in [-0.3, -0.25) is 0 Å². The van der Waals surface area contributed by atoms with Gasteiger partial charge >= 0.3 is 0 Å². The molecule has 2 heterocycles. The number of nitrogens with zero attached hydrogens (tertiary/aromatic N) is 3. The topological polar surface area (TPSA) is 75.2 Å². The van der Waals surface area contributed by atoms with Crippen LogP contribution in [0.1, 0.15) is 19.2 Å². The van der Waals surface area contributed by atoms with Crippen LogP contribution >= 0.6 is 0 Å². The normalized spacial score (nSPS) is 17.4. The molecule has 1 aromatic heterocycles. The second-order valence-corrected chi connectivity index (χ2v) is 5.15. The minimum atomic E-state index is 0.164. The Hall–Kier alpha value is -2.08. The van der Waals surface area contributed by atoms with Gasteiger partial charge in [0.15, 0.2) is 17.3 Å². The van der Waals surface area contributed by atoms with Crippen LogP contribution in [0.4, 0.5) is 0 Å². The van der Waals surface area contributed by atoms with Crippen molar-refractivity contribution in [2.75, 3.05) is 13.7 Å². The Morgan fingerprint density at radius 1 is 1.33 bits per heavy atom. The molecule has 0 radical (unpaired) electrons. The molecule has 0 saturated heterocycles. The van der Waals surface area contributed by atoms with Crippen LogP contribution in [-0.2, 0) is 13.0 Å². The van der Waals surface area contributed by atoms with Crippen LogP contribution in [0.25, 0.3) is 11.4 Å². The maximum Gasteiger partial charge on any atom is 0.164 e. The highest BCUT2D eigenvalue weighted by atomic mass is 16.5. The summed E-state index contributed by atoms with van der Waals surface area (Å²) < 4.78 is 13.0. The summed E-state index contributed by atoms with van der Waals surface area (Å²) in [6.07, 6.45) is 1.84. The van der Waals surface area contributed by atoms with E-state index in [9.17, 15) is 0 Å². The minimum absolute atomic E-state index is 0.164. The van der Waals surface area contributed by atoms with Crippen LogP contribution in [0.2, 0.25) is 0 Å². The molecule has 6 heteroatoms. The Labute approximate surface area is 123 Å². The predicted octanol–water partition coefficient (Wildman–Crippen LogP) is 1.63. The Kier molecular flexibility index (Phi) is 3.79. The minimum Gasteiger partial charge on any atom is -0.493 e. The number of hydrogen-bond acceptors (Lipinski definition) is 5.